The SMILES string of the molecule is Cn1nc(C(C)(C)C)cc1C(=O)N1CCCN1C(=O)c1cn[nH]c1C(F)(F)F. The van der Waals surface area contributed by atoms with E-state index in [9.17, 15) is 22.8 Å². The summed E-state index contributed by atoms with van der Waals surface area (Å²) in [4.78, 5) is 25.7. The lowest BCUT2D eigenvalue weighted by Crippen LogP contribution is -2.45. The van der Waals surface area contributed by atoms with Gasteiger partial charge in [0, 0.05) is 25.6 Å². The molecule has 0 radical (unpaired) electrons. The van der Waals surface area contributed by atoms with Crippen LogP contribution in [0.1, 0.15) is 59.4 Å². The number of halogens is 3. The summed E-state index contributed by atoms with van der Waals surface area (Å²) >= 11 is 0. The Labute approximate surface area is 159 Å². The van der Waals surface area contributed by atoms with Gasteiger partial charge < -0.3 is 0 Å². The van der Waals surface area contributed by atoms with E-state index in [0.29, 0.717) is 12.1 Å². The number of aryl methyl sites for hydroxylation is 1. The third-order valence-electron chi connectivity index (χ3n) is 4.52. The summed E-state index contributed by atoms with van der Waals surface area (Å²) in [5, 5.41) is 11.7. The number of hydrazine groups is 1. The third kappa shape index (κ3) is 3.48. The van der Waals surface area contributed by atoms with E-state index < -0.39 is 29.2 Å². The van der Waals surface area contributed by atoms with Gasteiger partial charge in [0.25, 0.3) is 11.8 Å². The number of hydrogen-bond donors (Lipinski definition) is 1. The minimum atomic E-state index is -4.75. The van der Waals surface area contributed by atoms with Crippen LogP contribution < -0.4 is 0 Å². The van der Waals surface area contributed by atoms with Crippen LogP contribution in [0.3, 0.4) is 0 Å². The number of rotatable bonds is 2. The molecule has 2 aromatic heterocycles. The highest BCUT2D eigenvalue weighted by Gasteiger charge is 2.41. The van der Waals surface area contributed by atoms with Crippen molar-refractivity contribution in [2.24, 2.45) is 7.05 Å². The molecule has 0 aliphatic carbocycles. The summed E-state index contributed by atoms with van der Waals surface area (Å²) in [6.45, 7) is 6.21. The molecule has 8 nitrogen and oxygen atoms in total. The molecule has 2 amide bonds. The van der Waals surface area contributed by atoms with Crippen molar-refractivity contribution in [1.82, 2.24) is 30.0 Å². The Bertz CT molecular complexity index is 909. The molecule has 1 aliphatic heterocycles. The number of H-pyrrole nitrogens is 1. The summed E-state index contributed by atoms with van der Waals surface area (Å²) < 4.78 is 40.7. The Hall–Kier alpha value is -2.85. The number of carbonyl (C=O) groups is 2. The summed E-state index contributed by atoms with van der Waals surface area (Å²) in [7, 11) is 1.61. The molecule has 2 aromatic rings. The van der Waals surface area contributed by atoms with Gasteiger partial charge in [0.05, 0.1) is 17.5 Å². The summed E-state index contributed by atoms with van der Waals surface area (Å²) in [6, 6.07) is 1.64. The highest BCUT2D eigenvalue weighted by Crippen LogP contribution is 2.31. The second-order valence-corrected chi connectivity index (χ2v) is 7.66. The molecule has 0 spiro atoms. The van der Waals surface area contributed by atoms with Gasteiger partial charge >= 0.3 is 6.18 Å². The number of alkyl halides is 3. The normalized spacial score (nSPS) is 15.4. The van der Waals surface area contributed by atoms with Crippen molar-refractivity contribution in [3.05, 3.63) is 34.9 Å². The molecule has 0 unspecified atom stereocenters. The van der Waals surface area contributed by atoms with E-state index in [1.165, 1.54) is 9.69 Å². The van der Waals surface area contributed by atoms with E-state index >= 15 is 0 Å². The molecule has 3 rings (SSSR count). The first-order valence-corrected chi connectivity index (χ1v) is 8.70. The minimum Gasteiger partial charge on any atom is -0.273 e. The Kier molecular flexibility index (Phi) is 4.72. The van der Waals surface area contributed by atoms with Crippen molar-refractivity contribution >= 4 is 11.8 Å². The molecule has 3 heterocycles. The maximum absolute atomic E-state index is 13.1. The first-order valence-electron chi connectivity index (χ1n) is 8.70. The fourth-order valence-corrected chi connectivity index (χ4v) is 3.00. The molecule has 1 fully saturated rings. The van der Waals surface area contributed by atoms with Crippen molar-refractivity contribution < 1.29 is 22.8 Å². The molecule has 0 bridgehead atoms. The van der Waals surface area contributed by atoms with Crippen LogP contribution in [-0.2, 0) is 18.6 Å². The van der Waals surface area contributed by atoms with E-state index in [1.54, 1.807) is 13.1 Å². The van der Waals surface area contributed by atoms with Crippen LogP contribution in [0.2, 0.25) is 0 Å². The first-order chi connectivity index (χ1) is 12.9. The zero-order valence-electron chi connectivity index (χ0n) is 16.0. The molecule has 11 heteroatoms. The smallest absolute Gasteiger partial charge is 0.273 e. The lowest BCUT2D eigenvalue weighted by Gasteiger charge is -2.27. The number of hydrogen-bond acceptors (Lipinski definition) is 4. The molecule has 1 N–H and O–H groups in total. The highest BCUT2D eigenvalue weighted by molar-refractivity contribution is 5.99. The van der Waals surface area contributed by atoms with Crippen LogP contribution >= 0.6 is 0 Å². The van der Waals surface area contributed by atoms with Gasteiger partial charge in [-0.15, -0.1) is 0 Å². The van der Waals surface area contributed by atoms with Gasteiger partial charge in [-0.05, 0) is 12.5 Å². The van der Waals surface area contributed by atoms with Crippen LogP contribution in [0.15, 0.2) is 12.3 Å². The molecular formula is C17H21F3N6O2. The second kappa shape index (κ2) is 6.64. The summed E-state index contributed by atoms with van der Waals surface area (Å²) in [5.74, 6) is -1.42. The highest BCUT2D eigenvalue weighted by atomic mass is 19.4. The fraction of sp³-hybridized carbons (Fsp3) is 0.529. The van der Waals surface area contributed by atoms with Gasteiger partial charge in [0.1, 0.15) is 5.69 Å². The monoisotopic (exact) mass is 398 g/mol. The van der Waals surface area contributed by atoms with E-state index in [1.807, 2.05) is 25.9 Å². The van der Waals surface area contributed by atoms with Crippen molar-refractivity contribution in [2.75, 3.05) is 13.1 Å². The Balaban J connectivity index is 1.90. The number of carbonyl (C=O) groups excluding carboxylic acids is 2. The molecule has 152 valence electrons. The van der Waals surface area contributed by atoms with Gasteiger partial charge in [-0.25, -0.2) is 10.0 Å². The molecule has 28 heavy (non-hydrogen) atoms. The number of nitrogens with one attached hydrogen (secondary N) is 1. The maximum Gasteiger partial charge on any atom is 0.433 e. The van der Waals surface area contributed by atoms with Crippen LogP contribution in [0.4, 0.5) is 13.2 Å². The number of amides is 2. The quantitative estimate of drug-likeness (QED) is 0.841. The average molecular weight is 398 g/mol. The van der Waals surface area contributed by atoms with Crippen molar-refractivity contribution in [2.45, 2.75) is 38.8 Å². The molecule has 0 saturated carbocycles. The summed E-state index contributed by atoms with van der Waals surface area (Å²) in [6.07, 6.45) is -3.46. The third-order valence-corrected chi connectivity index (χ3v) is 4.52. The van der Waals surface area contributed by atoms with Crippen LogP contribution in [0.25, 0.3) is 0 Å². The second-order valence-electron chi connectivity index (χ2n) is 7.66. The number of aromatic nitrogens is 4. The molecule has 1 aliphatic rings. The predicted molar refractivity (Wildman–Crippen MR) is 92.2 cm³/mol. The maximum atomic E-state index is 13.1. The Morgan fingerprint density at radius 3 is 2.25 bits per heavy atom. The van der Waals surface area contributed by atoms with Crippen molar-refractivity contribution in [1.29, 1.82) is 0 Å². The average Bonchev–Trinajstić information content (AvgIpc) is 3.30. The predicted octanol–water partition coefficient (Wildman–Crippen LogP) is 2.36. The van der Waals surface area contributed by atoms with Gasteiger partial charge in [-0.1, -0.05) is 20.8 Å². The zero-order valence-corrected chi connectivity index (χ0v) is 16.0. The van der Waals surface area contributed by atoms with Crippen molar-refractivity contribution in [3.63, 3.8) is 0 Å². The van der Waals surface area contributed by atoms with Gasteiger partial charge in [-0.3, -0.25) is 19.4 Å². The first kappa shape index (κ1) is 19.9. The topological polar surface area (TPSA) is 87.1 Å². The Morgan fingerprint density at radius 2 is 1.71 bits per heavy atom. The zero-order chi connectivity index (χ0) is 20.9. The lowest BCUT2D eigenvalue weighted by molar-refractivity contribution is -0.141. The van der Waals surface area contributed by atoms with E-state index in [4.69, 9.17) is 0 Å². The van der Waals surface area contributed by atoms with Gasteiger partial charge in [0.15, 0.2) is 5.69 Å². The van der Waals surface area contributed by atoms with E-state index in [-0.39, 0.29) is 24.2 Å². The molecular weight excluding hydrogens is 377 g/mol. The summed E-state index contributed by atoms with van der Waals surface area (Å²) in [5.41, 5.74) is -1.17. The fourth-order valence-electron chi connectivity index (χ4n) is 3.00. The number of nitrogens with zero attached hydrogens (tertiary/aromatic N) is 5. The van der Waals surface area contributed by atoms with Crippen LogP contribution in [-0.4, -0.2) is 54.9 Å². The Morgan fingerprint density at radius 1 is 1.11 bits per heavy atom. The van der Waals surface area contributed by atoms with Gasteiger partial charge in [-0.2, -0.15) is 23.4 Å². The van der Waals surface area contributed by atoms with Crippen molar-refractivity contribution in [3.8, 4) is 0 Å². The largest absolute Gasteiger partial charge is 0.433 e. The van der Waals surface area contributed by atoms with Crippen LogP contribution in [0.5, 0.6) is 0 Å². The van der Waals surface area contributed by atoms with Crippen LogP contribution in [0, 0.1) is 0 Å². The lowest BCUT2D eigenvalue weighted by atomic mass is 9.92. The number of aromatic amines is 1. The molecule has 0 atom stereocenters. The van der Waals surface area contributed by atoms with Gasteiger partial charge in [0.2, 0.25) is 0 Å². The van der Waals surface area contributed by atoms with E-state index in [0.717, 1.165) is 11.2 Å². The minimum absolute atomic E-state index is 0.136. The standard InChI is InChI=1S/C17H21F3N6O2/c1-16(2,3)12-8-11(24(4)23-12)15(28)26-7-5-6-25(26)14(27)10-9-21-22-13(10)17(18,19)20/h8-9H,5-7H2,1-4H3,(H,21,22). The van der Waals surface area contributed by atoms with E-state index in [2.05, 4.69) is 10.2 Å². The molecule has 1 saturated heterocycles. The molecule has 0 aromatic carbocycles.